The molecule has 0 bridgehead atoms. The minimum Gasteiger partial charge on any atom is -0.465 e. The molecule has 0 aromatic heterocycles. The summed E-state index contributed by atoms with van der Waals surface area (Å²) in [4.78, 5) is 10.4. The molecule has 1 rings (SSSR count). The summed E-state index contributed by atoms with van der Waals surface area (Å²) >= 11 is 0. The number of sulfone groups is 1. The van der Waals surface area contributed by atoms with E-state index in [2.05, 4.69) is 11.2 Å². The van der Waals surface area contributed by atoms with Crippen molar-refractivity contribution in [2.75, 3.05) is 6.54 Å². The van der Waals surface area contributed by atoms with Gasteiger partial charge in [-0.1, -0.05) is 23.6 Å². The van der Waals surface area contributed by atoms with E-state index >= 15 is 0 Å². The fourth-order valence-electron chi connectivity index (χ4n) is 1.89. The Bertz CT molecular complexity index is 643. The molecule has 19 heavy (non-hydrogen) atoms. The zero-order valence-electron chi connectivity index (χ0n) is 10.9. The van der Waals surface area contributed by atoms with Gasteiger partial charge in [0.05, 0.1) is 11.4 Å². The van der Waals surface area contributed by atoms with E-state index < -0.39 is 15.9 Å². The number of hydrogen-bond acceptors (Lipinski definition) is 3. The number of benzene rings is 1. The Kier molecular flexibility index (Phi) is 4.57. The lowest BCUT2D eigenvalue weighted by Crippen LogP contribution is -2.20. The normalized spacial score (nSPS) is 10.5. The molecule has 102 valence electrons. The summed E-state index contributed by atoms with van der Waals surface area (Å²) in [5.41, 5.74) is 2.26. The van der Waals surface area contributed by atoms with Crippen molar-refractivity contribution >= 4 is 15.9 Å². The van der Waals surface area contributed by atoms with Gasteiger partial charge in [0.15, 0.2) is 0 Å². The summed E-state index contributed by atoms with van der Waals surface area (Å²) in [6.07, 6.45) is -1.24. The highest BCUT2D eigenvalue weighted by atomic mass is 32.2. The van der Waals surface area contributed by atoms with E-state index in [4.69, 9.17) is 5.11 Å². The zero-order valence-corrected chi connectivity index (χ0v) is 11.8. The van der Waals surface area contributed by atoms with Crippen molar-refractivity contribution in [2.45, 2.75) is 25.7 Å². The molecule has 0 spiro atoms. The van der Waals surface area contributed by atoms with Crippen molar-refractivity contribution in [2.24, 2.45) is 0 Å². The van der Waals surface area contributed by atoms with Crippen LogP contribution in [0.5, 0.6) is 0 Å². The molecule has 6 heteroatoms. The lowest BCUT2D eigenvalue weighted by molar-refractivity contribution is 0.196. The van der Waals surface area contributed by atoms with E-state index in [-0.39, 0.29) is 11.4 Å². The van der Waals surface area contributed by atoms with Crippen molar-refractivity contribution in [3.8, 4) is 11.2 Å². The van der Waals surface area contributed by atoms with Gasteiger partial charge >= 0.3 is 6.09 Å². The Hall–Kier alpha value is -2.00. The number of carbonyl (C=O) groups is 1. The summed E-state index contributed by atoms with van der Waals surface area (Å²) in [6.45, 7) is 5.09. The summed E-state index contributed by atoms with van der Waals surface area (Å²) in [7, 11) is -3.73. The molecule has 0 heterocycles. The van der Waals surface area contributed by atoms with Gasteiger partial charge in [-0.25, -0.2) is 13.2 Å². The standard InChI is InChI=1S/C13H15NO4S/c1-9-7-10(2)12(11(3)8-9)19(17,18)6-4-5-14-13(15)16/h7-8,14H,5H2,1-3H3,(H,15,16). The van der Waals surface area contributed by atoms with Gasteiger partial charge in [0.25, 0.3) is 0 Å². The molecule has 0 unspecified atom stereocenters. The molecule has 0 aliphatic rings. The Labute approximate surface area is 112 Å². The predicted octanol–water partition coefficient (Wildman–Crippen LogP) is 1.61. The molecule has 0 radical (unpaired) electrons. The number of hydrogen-bond donors (Lipinski definition) is 2. The van der Waals surface area contributed by atoms with Crippen LogP contribution in [0.3, 0.4) is 0 Å². The highest BCUT2D eigenvalue weighted by molar-refractivity contribution is 7.96. The van der Waals surface area contributed by atoms with Crippen LogP contribution < -0.4 is 5.32 Å². The third-order valence-corrected chi connectivity index (χ3v) is 4.00. The fraction of sp³-hybridized carbons (Fsp3) is 0.308. The van der Waals surface area contributed by atoms with Crippen LogP contribution in [0.4, 0.5) is 4.79 Å². The SMILES string of the molecule is Cc1cc(C)c(S(=O)(=O)C#CCNC(=O)O)c(C)c1. The van der Waals surface area contributed by atoms with Crippen LogP contribution in [0.25, 0.3) is 0 Å². The summed E-state index contributed by atoms with van der Waals surface area (Å²) in [6, 6.07) is 3.55. The largest absolute Gasteiger partial charge is 0.465 e. The van der Waals surface area contributed by atoms with E-state index in [0.717, 1.165) is 5.56 Å². The second-order valence-corrected chi connectivity index (χ2v) is 5.79. The highest BCUT2D eigenvalue weighted by Gasteiger charge is 2.17. The molecular formula is C13H15NO4S. The van der Waals surface area contributed by atoms with Gasteiger partial charge in [0, 0.05) is 5.25 Å². The number of amides is 1. The molecule has 0 atom stereocenters. The van der Waals surface area contributed by atoms with Gasteiger partial charge in [0.2, 0.25) is 9.84 Å². The highest BCUT2D eigenvalue weighted by Crippen LogP contribution is 2.22. The fourth-order valence-corrected chi connectivity index (χ4v) is 3.22. The van der Waals surface area contributed by atoms with Crippen molar-refractivity contribution in [1.29, 1.82) is 0 Å². The minimum absolute atomic E-state index is 0.195. The maximum Gasteiger partial charge on any atom is 0.405 e. The Morgan fingerprint density at radius 2 is 1.79 bits per heavy atom. The van der Waals surface area contributed by atoms with Crippen LogP contribution in [0.15, 0.2) is 17.0 Å². The van der Waals surface area contributed by atoms with Gasteiger partial charge in [-0.15, -0.1) is 0 Å². The van der Waals surface area contributed by atoms with E-state index in [1.807, 2.05) is 12.2 Å². The van der Waals surface area contributed by atoms with Crippen molar-refractivity contribution in [1.82, 2.24) is 5.32 Å². The Morgan fingerprint density at radius 1 is 1.26 bits per heavy atom. The molecule has 1 aromatic rings. The van der Waals surface area contributed by atoms with Gasteiger partial charge in [-0.05, 0) is 31.9 Å². The monoisotopic (exact) mass is 281 g/mol. The van der Waals surface area contributed by atoms with Crippen LogP contribution in [-0.4, -0.2) is 26.2 Å². The summed E-state index contributed by atoms with van der Waals surface area (Å²) in [5, 5.41) is 12.5. The van der Waals surface area contributed by atoms with Crippen LogP contribution >= 0.6 is 0 Å². The average Bonchev–Trinajstić information content (AvgIpc) is 2.22. The van der Waals surface area contributed by atoms with Gasteiger partial charge in [0.1, 0.15) is 0 Å². The smallest absolute Gasteiger partial charge is 0.405 e. The number of aryl methyl sites for hydroxylation is 3. The minimum atomic E-state index is -3.73. The van der Waals surface area contributed by atoms with E-state index in [1.54, 1.807) is 26.0 Å². The third-order valence-electron chi connectivity index (χ3n) is 2.41. The lowest BCUT2D eigenvalue weighted by Gasteiger charge is -2.08. The Balaban J connectivity index is 3.11. The maximum absolute atomic E-state index is 12.1. The van der Waals surface area contributed by atoms with Crippen LogP contribution in [0.2, 0.25) is 0 Å². The lowest BCUT2D eigenvalue weighted by atomic mass is 10.1. The molecule has 0 fully saturated rings. The number of rotatable bonds is 2. The molecule has 0 saturated carbocycles. The molecule has 2 N–H and O–H groups in total. The van der Waals surface area contributed by atoms with Crippen LogP contribution in [-0.2, 0) is 9.84 Å². The zero-order chi connectivity index (χ0) is 14.6. The Morgan fingerprint density at radius 3 is 2.26 bits per heavy atom. The third kappa shape index (κ3) is 4.00. The summed E-state index contributed by atoms with van der Waals surface area (Å²) in [5.74, 6) is 2.29. The predicted molar refractivity (Wildman–Crippen MR) is 71.6 cm³/mol. The van der Waals surface area contributed by atoms with E-state index in [9.17, 15) is 13.2 Å². The molecule has 0 saturated heterocycles. The van der Waals surface area contributed by atoms with E-state index in [0.29, 0.717) is 11.1 Å². The second kappa shape index (κ2) is 5.76. The van der Waals surface area contributed by atoms with Crippen molar-refractivity contribution < 1.29 is 18.3 Å². The summed E-state index contributed by atoms with van der Waals surface area (Å²) < 4.78 is 24.2. The molecule has 1 aromatic carbocycles. The topological polar surface area (TPSA) is 83.5 Å². The molecule has 0 aliphatic carbocycles. The van der Waals surface area contributed by atoms with Gasteiger partial charge in [-0.2, -0.15) is 0 Å². The van der Waals surface area contributed by atoms with Gasteiger partial charge < -0.3 is 10.4 Å². The van der Waals surface area contributed by atoms with Crippen molar-refractivity contribution in [3.05, 3.63) is 28.8 Å². The first kappa shape index (κ1) is 15.1. The van der Waals surface area contributed by atoms with Crippen LogP contribution in [0.1, 0.15) is 16.7 Å². The van der Waals surface area contributed by atoms with Crippen molar-refractivity contribution in [3.63, 3.8) is 0 Å². The molecular weight excluding hydrogens is 266 g/mol. The first-order valence-corrected chi connectivity index (χ1v) is 7.01. The quantitative estimate of drug-likeness (QED) is 0.637. The number of nitrogens with one attached hydrogen (secondary N) is 1. The molecule has 0 aliphatic heterocycles. The first-order valence-electron chi connectivity index (χ1n) is 5.53. The molecule has 1 amide bonds. The molecule has 5 nitrogen and oxygen atoms in total. The number of carboxylic acid groups (broad SMARTS) is 1. The second-order valence-electron chi connectivity index (χ2n) is 4.17. The van der Waals surface area contributed by atoms with Gasteiger partial charge in [-0.3, -0.25) is 0 Å². The first-order chi connectivity index (χ1) is 8.74. The average molecular weight is 281 g/mol. The van der Waals surface area contributed by atoms with E-state index in [1.165, 1.54) is 0 Å². The maximum atomic E-state index is 12.1. The van der Waals surface area contributed by atoms with Crippen LogP contribution in [0, 0.1) is 31.9 Å².